The third-order valence-corrected chi connectivity index (χ3v) is 7.26. The van der Waals surface area contributed by atoms with E-state index in [1.165, 1.54) is 30.7 Å². The predicted molar refractivity (Wildman–Crippen MR) is 119 cm³/mol. The van der Waals surface area contributed by atoms with E-state index < -0.39 is 0 Å². The summed E-state index contributed by atoms with van der Waals surface area (Å²) in [6.07, 6.45) is 6.04. The van der Waals surface area contributed by atoms with Crippen LogP contribution in [0.3, 0.4) is 0 Å². The molecule has 5 nitrogen and oxygen atoms in total. The number of para-hydroxylation sites is 1. The Balaban J connectivity index is 1.28. The highest BCUT2D eigenvalue weighted by Crippen LogP contribution is 2.46. The van der Waals surface area contributed by atoms with E-state index in [1.54, 1.807) is 0 Å². The van der Waals surface area contributed by atoms with Crippen LogP contribution in [0.15, 0.2) is 48.5 Å². The molecule has 168 valence electrons. The lowest BCUT2D eigenvalue weighted by Gasteiger charge is -2.47. The van der Waals surface area contributed by atoms with Gasteiger partial charge in [-0.2, -0.15) is 0 Å². The zero-order chi connectivity index (χ0) is 22.1. The van der Waals surface area contributed by atoms with Gasteiger partial charge in [-0.15, -0.1) is 0 Å². The highest BCUT2D eigenvalue weighted by molar-refractivity contribution is 5.94. The van der Waals surface area contributed by atoms with Crippen molar-refractivity contribution < 1.29 is 18.7 Å². The van der Waals surface area contributed by atoms with Crippen LogP contribution in [0.2, 0.25) is 0 Å². The zero-order valence-corrected chi connectivity index (χ0v) is 18.2. The molecule has 1 saturated heterocycles. The molecule has 0 radical (unpaired) electrons. The third-order valence-electron chi connectivity index (χ3n) is 7.26. The number of carbonyl (C=O) groups is 2. The zero-order valence-electron chi connectivity index (χ0n) is 18.2. The van der Waals surface area contributed by atoms with Crippen LogP contribution in [0.1, 0.15) is 66.8 Å². The fraction of sp³-hybridized carbons (Fsp3) is 0.462. The van der Waals surface area contributed by atoms with Crippen molar-refractivity contribution in [3.63, 3.8) is 0 Å². The third kappa shape index (κ3) is 4.23. The van der Waals surface area contributed by atoms with Crippen molar-refractivity contribution in [1.29, 1.82) is 0 Å². The first-order chi connectivity index (χ1) is 15.5. The Morgan fingerprint density at radius 1 is 1.06 bits per heavy atom. The average molecular weight is 437 g/mol. The molecule has 5 rings (SSSR count). The molecule has 1 N–H and O–H groups in total. The molecule has 1 saturated carbocycles. The number of hydrogen-bond acceptors (Lipinski definition) is 3. The van der Waals surface area contributed by atoms with Gasteiger partial charge in [0.15, 0.2) is 0 Å². The van der Waals surface area contributed by atoms with Gasteiger partial charge in [-0.1, -0.05) is 18.2 Å². The minimum absolute atomic E-state index is 0.0764. The van der Waals surface area contributed by atoms with E-state index in [0.29, 0.717) is 31.1 Å². The van der Waals surface area contributed by atoms with Gasteiger partial charge in [0, 0.05) is 49.9 Å². The number of amides is 2. The Labute approximate surface area is 187 Å². The Morgan fingerprint density at radius 2 is 1.78 bits per heavy atom. The molecule has 6 heteroatoms. The van der Waals surface area contributed by atoms with Crippen LogP contribution in [-0.4, -0.2) is 41.4 Å². The lowest BCUT2D eigenvalue weighted by atomic mass is 9.76. The molecule has 32 heavy (non-hydrogen) atoms. The van der Waals surface area contributed by atoms with E-state index >= 15 is 0 Å². The fourth-order valence-electron chi connectivity index (χ4n) is 5.19. The number of rotatable bonds is 4. The molecule has 2 amide bonds. The van der Waals surface area contributed by atoms with Gasteiger partial charge in [-0.3, -0.25) is 9.59 Å². The number of fused-ring (bicyclic) bond motifs is 1. The maximum Gasteiger partial charge on any atom is 0.253 e. The number of benzene rings is 2. The second-order valence-corrected chi connectivity index (χ2v) is 9.42. The number of likely N-dealkylation sites (tertiary alicyclic amines) is 1. The molecule has 0 bridgehead atoms. The number of nitrogens with one attached hydrogen (secondary N) is 1. The number of halogens is 1. The summed E-state index contributed by atoms with van der Waals surface area (Å²) in [5.41, 5.74) is 1.24. The first-order valence-corrected chi connectivity index (χ1v) is 11.6. The molecule has 1 atom stereocenters. The summed E-state index contributed by atoms with van der Waals surface area (Å²) in [6, 6.07) is 14.1. The fourth-order valence-corrected chi connectivity index (χ4v) is 5.19. The number of piperidine rings is 1. The van der Waals surface area contributed by atoms with Crippen molar-refractivity contribution in [2.45, 2.75) is 62.5 Å². The van der Waals surface area contributed by atoms with Crippen molar-refractivity contribution >= 4 is 11.8 Å². The van der Waals surface area contributed by atoms with Gasteiger partial charge in [0.2, 0.25) is 5.91 Å². The van der Waals surface area contributed by atoms with E-state index in [4.69, 9.17) is 4.74 Å². The Hall–Kier alpha value is -2.89. The van der Waals surface area contributed by atoms with Crippen LogP contribution in [0, 0.1) is 5.82 Å². The van der Waals surface area contributed by atoms with Crippen molar-refractivity contribution in [2.24, 2.45) is 0 Å². The second kappa shape index (κ2) is 8.57. The van der Waals surface area contributed by atoms with Crippen LogP contribution in [0.25, 0.3) is 0 Å². The topological polar surface area (TPSA) is 58.6 Å². The summed E-state index contributed by atoms with van der Waals surface area (Å²) >= 11 is 0. The van der Waals surface area contributed by atoms with E-state index in [9.17, 15) is 14.0 Å². The van der Waals surface area contributed by atoms with Gasteiger partial charge in [-0.25, -0.2) is 4.39 Å². The summed E-state index contributed by atoms with van der Waals surface area (Å²) in [7, 11) is 0. The highest BCUT2D eigenvalue weighted by atomic mass is 19.1. The molecule has 1 spiro atoms. The van der Waals surface area contributed by atoms with Gasteiger partial charge in [0.1, 0.15) is 17.2 Å². The molecule has 2 aromatic carbocycles. The van der Waals surface area contributed by atoms with Crippen LogP contribution in [-0.2, 0) is 4.79 Å². The molecular weight excluding hydrogens is 407 g/mol. The standard InChI is InChI=1S/C26H29FN2O3/c27-20-10-8-18(9-11-20)25(31)29-14-12-26(13-15-29)17-19(16-24(30)28-21-4-3-5-21)22-6-1-2-7-23(22)32-26/h1-2,6-11,19,21H,3-5,12-17H2,(H,28,30). The van der Waals surface area contributed by atoms with Crippen molar-refractivity contribution in [3.05, 3.63) is 65.5 Å². The van der Waals surface area contributed by atoms with Gasteiger partial charge in [0.25, 0.3) is 5.91 Å². The summed E-state index contributed by atoms with van der Waals surface area (Å²) in [5.74, 6) is 0.668. The van der Waals surface area contributed by atoms with Crippen molar-refractivity contribution in [1.82, 2.24) is 10.2 Å². The molecule has 1 unspecified atom stereocenters. The molecule has 3 aliphatic rings. The van der Waals surface area contributed by atoms with Crippen LogP contribution in [0.5, 0.6) is 5.75 Å². The Morgan fingerprint density at radius 3 is 2.47 bits per heavy atom. The van der Waals surface area contributed by atoms with Crippen molar-refractivity contribution in [2.75, 3.05) is 13.1 Å². The summed E-state index contributed by atoms with van der Waals surface area (Å²) in [4.78, 5) is 27.3. The maximum atomic E-state index is 13.2. The van der Waals surface area contributed by atoms with E-state index in [-0.39, 0.29) is 29.2 Å². The largest absolute Gasteiger partial charge is 0.487 e. The van der Waals surface area contributed by atoms with Crippen LogP contribution < -0.4 is 10.1 Å². The van der Waals surface area contributed by atoms with E-state index in [1.807, 2.05) is 23.1 Å². The number of hydrogen-bond donors (Lipinski definition) is 1. The molecular formula is C26H29FN2O3. The van der Waals surface area contributed by atoms with E-state index in [0.717, 1.165) is 43.4 Å². The average Bonchev–Trinajstić information content (AvgIpc) is 2.77. The smallest absolute Gasteiger partial charge is 0.253 e. The molecule has 2 aromatic rings. The lowest BCUT2D eigenvalue weighted by Crippen LogP contribution is -2.52. The minimum Gasteiger partial charge on any atom is -0.487 e. The number of carbonyl (C=O) groups excluding carboxylic acids is 2. The molecule has 2 aliphatic heterocycles. The first kappa shape index (κ1) is 21.0. The van der Waals surface area contributed by atoms with E-state index in [2.05, 4.69) is 11.4 Å². The molecule has 2 heterocycles. The predicted octanol–water partition coefficient (Wildman–Crippen LogP) is 4.43. The number of ether oxygens (including phenoxy) is 1. The van der Waals surface area contributed by atoms with Gasteiger partial charge < -0.3 is 15.0 Å². The van der Waals surface area contributed by atoms with Gasteiger partial charge in [-0.05, 0) is 61.6 Å². The lowest BCUT2D eigenvalue weighted by molar-refractivity contribution is -0.123. The summed E-state index contributed by atoms with van der Waals surface area (Å²) in [5, 5.41) is 3.17. The summed E-state index contributed by atoms with van der Waals surface area (Å²) in [6.45, 7) is 1.17. The first-order valence-electron chi connectivity index (χ1n) is 11.6. The van der Waals surface area contributed by atoms with Crippen LogP contribution >= 0.6 is 0 Å². The number of nitrogens with zero attached hydrogens (tertiary/aromatic N) is 1. The SMILES string of the molecule is O=C(CC1CC2(CCN(C(=O)c3ccc(F)cc3)CC2)Oc2ccccc21)NC1CCC1. The molecule has 2 fully saturated rings. The molecule has 0 aromatic heterocycles. The Bertz CT molecular complexity index is 994. The highest BCUT2D eigenvalue weighted by Gasteiger charge is 2.44. The minimum atomic E-state index is -0.366. The van der Waals surface area contributed by atoms with Crippen LogP contribution in [0.4, 0.5) is 4.39 Å². The monoisotopic (exact) mass is 436 g/mol. The molecule has 1 aliphatic carbocycles. The Kier molecular flexibility index (Phi) is 5.62. The quantitative estimate of drug-likeness (QED) is 0.772. The summed E-state index contributed by atoms with van der Waals surface area (Å²) < 4.78 is 19.7. The maximum absolute atomic E-state index is 13.2. The second-order valence-electron chi connectivity index (χ2n) is 9.42. The van der Waals surface area contributed by atoms with Crippen molar-refractivity contribution in [3.8, 4) is 5.75 Å². The van der Waals surface area contributed by atoms with Gasteiger partial charge in [0.05, 0.1) is 0 Å². The van der Waals surface area contributed by atoms with Gasteiger partial charge >= 0.3 is 0 Å². The normalized spacial score (nSPS) is 21.9.